The molecule has 11 heavy (non-hydrogen) atoms. The van der Waals surface area contributed by atoms with Crippen molar-refractivity contribution in [1.82, 2.24) is 0 Å². The average molecular weight is 163 g/mol. The lowest BCUT2D eigenvalue weighted by Crippen LogP contribution is -2.28. The number of hydrogen-bond donors (Lipinski definition) is 3. The monoisotopic (exact) mass is 163 g/mol. The van der Waals surface area contributed by atoms with Gasteiger partial charge in [0.05, 0.1) is 19.8 Å². The Labute approximate surface area is 67.0 Å². The molecule has 0 saturated carbocycles. The highest BCUT2D eigenvalue weighted by Crippen LogP contribution is 1.89. The van der Waals surface area contributed by atoms with Gasteiger partial charge in [-0.05, 0) is 6.42 Å². The van der Waals surface area contributed by atoms with Gasteiger partial charge in [0, 0.05) is 6.04 Å². The Morgan fingerprint density at radius 1 is 1.45 bits per heavy atom. The van der Waals surface area contributed by atoms with Crippen LogP contribution in [0.25, 0.3) is 0 Å². The van der Waals surface area contributed by atoms with Gasteiger partial charge in [-0.3, -0.25) is 0 Å². The van der Waals surface area contributed by atoms with Crippen molar-refractivity contribution in [3.8, 4) is 0 Å². The zero-order valence-electron chi connectivity index (χ0n) is 6.86. The van der Waals surface area contributed by atoms with Gasteiger partial charge in [-0.1, -0.05) is 6.92 Å². The van der Waals surface area contributed by atoms with E-state index in [4.69, 9.17) is 20.7 Å². The van der Waals surface area contributed by atoms with Crippen LogP contribution < -0.4 is 5.73 Å². The number of ether oxygens (including phenoxy) is 1. The molecule has 0 fully saturated rings. The molecule has 0 bridgehead atoms. The number of nitrogens with two attached hydrogens (primary N) is 1. The van der Waals surface area contributed by atoms with E-state index < -0.39 is 6.10 Å². The molecule has 4 nitrogen and oxygen atoms in total. The van der Waals surface area contributed by atoms with Crippen LogP contribution in [0.3, 0.4) is 0 Å². The zero-order valence-corrected chi connectivity index (χ0v) is 6.86. The number of aliphatic hydroxyl groups is 2. The van der Waals surface area contributed by atoms with Crippen molar-refractivity contribution < 1.29 is 14.9 Å². The van der Waals surface area contributed by atoms with Crippen LogP contribution >= 0.6 is 0 Å². The maximum atomic E-state index is 8.83. The topological polar surface area (TPSA) is 75.7 Å². The third-order valence-electron chi connectivity index (χ3n) is 1.38. The summed E-state index contributed by atoms with van der Waals surface area (Å²) >= 11 is 0. The summed E-state index contributed by atoms with van der Waals surface area (Å²) in [7, 11) is 0. The van der Waals surface area contributed by atoms with Crippen molar-refractivity contribution in [3.63, 3.8) is 0 Å². The number of rotatable bonds is 6. The van der Waals surface area contributed by atoms with Gasteiger partial charge in [0.1, 0.15) is 6.10 Å². The molecule has 0 radical (unpaired) electrons. The molecule has 2 atom stereocenters. The third-order valence-corrected chi connectivity index (χ3v) is 1.38. The molecule has 0 spiro atoms. The Morgan fingerprint density at radius 3 is 2.55 bits per heavy atom. The van der Waals surface area contributed by atoms with E-state index in [0.29, 0.717) is 6.61 Å². The third kappa shape index (κ3) is 6.25. The summed E-state index contributed by atoms with van der Waals surface area (Å²) in [5.41, 5.74) is 5.53. The predicted molar refractivity (Wildman–Crippen MR) is 42.2 cm³/mol. The van der Waals surface area contributed by atoms with Gasteiger partial charge >= 0.3 is 0 Å². The van der Waals surface area contributed by atoms with Gasteiger partial charge in [-0.25, -0.2) is 0 Å². The summed E-state index contributed by atoms with van der Waals surface area (Å²) in [4.78, 5) is 0. The van der Waals surface area contributed by atoms with Crippen LogP contribution in [-0.2, 0) is 4.74 Å². The molecule has 0 aromatic rings. The lowest BCUT2D eigenvalue weighted by atomic mass is 10.3. The molecule has 0 aliphatic heterocycles. The first-order chi connectivity index (χ1) is 5.20. The number of hydrogen-bond acceptors (Lipinski definition) is 4. The first kappa shape index (κ1) is 10.8. The molecule has 0 aromatic heterocycles. The van der Waals surface area contributed by atoms with Gasteiger partial charge in [-0.15, -0.1) is 0 Å². The Morgan fingerprint density at radius 2 is 2.09 bits per heavy atom. The van der Waals surface area contributed by atoms with E-state index in [2.05, 4.69) is 0 Å². The van der Waals surface area contributed by atoms with E-state index >= 15 is 0 Å². The average Bonchev–Trinajstić information content (AvgIpc) is 2.04. The lowest BCUT2D eigenvalue weighted by molar-refractivity contribution is 0.00232. The summed E-state index contributed by atoms with van der Waals surface area (Å²) in [5.74, 6) is 0. The molecule has 2 unspecified atom stereocenters. The molecule has 0 aliphatic rings. The Bertz CT molecular complexity index is 79.8. The summed E-state index contributed by atoms with van der Waals surface area (Å²) in [6, 6.07) is 0.0286. The second kappa shape index (κ2) is 6.54. The second-order valence-electron chi connectivity index (χ2n) is 2.54. The molecule has 0 rings (SSSR count). The summed E-state index contributed by atoms with van der Waals surface area (Å²) < 4.78 is 5.00. The fraction of sp³-hybridized carbons (Fsp3) is 1.00. The SMILES string of the molecule is CCC(N)COCC(O)CO. The van der Waals surface area contributed by atoms with Gasteiger partial charge in [-0.2, -0.15) is 0 Å². The molecule has 0 aliphatic carbocycles. The molecule has 4 N–H and O–H groups in total. The van der Waals surface area contributed by atoms with Gasteiger partial charge in [0.2, 0.25) is 0 Å². The fourth-order valence-electron chi connectivity index (χ4n) is 0.526. The largest absolute Gasteiger partial charge is 0.394 e. The highest BCUT2D eigenvalue weighted by atomic mass is 16.5. The van der Waals surface area contributed by atoms with Crippen molar-refractivity contribution in [3.05, 3.63) is 0 Å². The Kier molecular flexibility index (Phi) is 6.45. The summed E-state index contributed by atoms with van der Waals surface area (Å²) in [5, 5.41) is 17.2. The molecular formula is C7H17NO3. The van der Waals surface area contributed by atoms with Crippen molar-refractivity contribution in [2.45, 2.75) is 25.5 Å². The van der Waals surface area contributed by atoms with Crippen LogP contribution in [0.2, 0.25) is 0 Å². The normalized spacial score (nSPS) is 16.4. The van der Waals surface area contributed by atoms with Crippen LogP contribution in [0.4, 0.5) is 0 Å². The summed E-state index contributed by atoms with van der Waals surface area (Å²) in [6.07, 6.45) is 0.0777. The lowest BCUT2D eigenvalue weighted by Gasteiger charge is -2.11. The van der Waals surface area contributed by atoms with E-state index in [0.717, 1.165) is 6.42 Å². The Balaban J connectivity index is 3.13. The van der Waals surface area contributed by atoms with Crippen molar-refractivity contribution >= 4 is 0 Å². The van der Waals surface area contributed by atoms with Crippen LogP contribution in [0.1, 0.15) is 13.3 Å². The van der Waals surface area contributed by atoms with Gasteiger partial charge in [0.15, 0.2) is 0 Å². The minimum atomic E-state index is -0.779. The van der Waals surface area contributed by atoms with Crippen LogP contribution in [0, 0.1) is 0 Å². The quantitative estimate of drug-likeness (QED) is 0.474. The molecule has 0 heterocycles. The molecule has 0 amide bonds. The van der Waals surface area contributed by atoms with E-state index in [1.54, 1.807) is 0 Å². The second-order valence-corrected chi connectivity index (χ2v) is 2.54. The highest BCUT2D eigenvalue weighted by molar-refractivity contribution is 4.57. The van der Waals surface area contributed by atoms with Crippen molar-refractivity contribution in [1.29, 1.82) is 0 Å². The Hall–Kier alpha value is -0.160. The van der Waals surface area contributed by atoms with E-state index in [-0.39, 0.29) is 19.3 Å². The van der Waals surface area contributed by atoms with Gasteiger partial charge < -0.3 is 20.7 Å². The molecule has 0 saturated heterocycles. The van der Waals surface area contributed by atoms with Crippen LogP contribution in [0.15, 0.2) is 0 Å². The van der Waals surface area contributed by atoms with Gasteiger partial charge in [0.25, 0.3) is 0 Å². The van der Waals surface area contributed by atoms with Crippen LogP contribution in [0.5, 0.6) is 0 Å². The fourth-order valence-corrected chi connectivity index (χ4v) is 0.526. The maximum absolute atomic E-state index is 8.83. The van der Waals surface area contributed by atoms with Crippen LogP contribution in [-0.4, -0.2) is 42.2 Å². The maximum Gasteiger partial charge on any atom is 0.100 e. The highest BCUT2D eigenvalue weighted by Gasteiger charge is 2.03. The minimum absolute atomic E-state index is 0.0286. The van der Waals surface area contributed by atoms with E-state index in [1.807, 2.05) is 6.92 Å². The molecule has 0 aromatic carbocycles. The predicted octanol–water partition coefficient (Wildman–Crippen LogP) is -0.906. The first-order valence-corrected chi connectivity index (χ1v) is 3.83. The van der Waals surface area contributed by atoms with E-state index in [9.17, 15) is 0 Å². The van der Waals surface area contributed by atoms with Crippen molar-refractivity contribution in [2.75, 3.05) is 19.8 Å². The molecular weight excluding hydrogens is 146 g/mol. The minimum Gasteiger partial charge on any atom is -0.394 e. The zero-order chi connectivity index (χ0) is 8.69. The van der Waals surface area contributed by atoms with Crippen molar-refractivity contribution in [2.24, 2.45) is 5.73 Å². The molecule has 68 valence electrons. The molecule has 4 heteroatoms. The smallest absolute Gasteiger partial charge is 0.100 e. The first-order valence-electron chi connectivity index (χ1n) is 3.83. The standard InChI is InChI=1S/C7H17NO3/c1-2-6(8)4-11-5-7(10)3-9/h6-7,9-10H,2-5,8H2,1H3. The summed E-state index contributed by atoms with van der Waals surface area (Å²) in [6.45, 7) is 2.30. The van der Waals surface area contributed by atoms with E-state index in [1.165, 1.54) is 0 Å². The number of aliphatic hydroxyl groups excluding tert-OH is 2.